The normalized spacial score (nSPS) is 10.5. The van der Waals surface area contributed by atoms with Crippen LogP contribution in [0, 0.1) is 0 Å². The molecular weight excluding hydrogens is 340 g/mol. The quantitative estimate of drug-likeness (QED) is 0.710. The molecule has 1 N–H and O–H groups in total. The molecule has 0 saturated carbocycles. The van der Waals surface area contributed by atoms with Crippen LogP contribution in [0.1, 0.15) is 15.9 Å². The van der Waals surface area contributed by atoms with Crippen LogP contribution in [-0.4, -0.2) is 31.1 Å². The first-order valence-electron chi connectivity index (χ1n) is 7.50. The number of benzene rings is 2. The van der Waals surface area contributed by atoms with Gasteiger partial charge in [-0.2, -0.15) is 0 Å². The summed E-state index contributed by atoms with van der Waals surface area (Å²) in [6.45, 7) is 0. The lowest BCUT2D eigenvalue weighted by atomic mass is 10.1. The summed E-state index contributed by atoms with van der Waals surface area (Å²) in [5, 5.41) is 3.28. The molecule has 0 aliphatic heterocycles. The Morgan fingerprint density at radius 2 is 2.00 bits per heavy atom. The molecule has 2 aromatic carbocycles. The van der Waals surface area contributed by atoms with Gasteiger partial charge in [-0.05, 0) is 35.9 Å². The molecule has 0 fully saturated rings. The van der Waals surface area contributed by atoms with Crippen molar-refractivity contribution in [3.05, 3.63) is 53.6 Å². The maximum absolute atomic E-state index is 12.2. The van der Waals surface area contributed by atoms with E-state index < -0.39 is 5.97 Å². The fraction of sp³-hybridized carbons (Fsp3) is 0.167. The van der Waals surface area contributed by atoms with Crippen LogP contribution >= 0.6 is 11.3 Å². The predicted molar refractivity (Wildman–Crippen MR) is 96.3 cm³/mol. The lowest BCUT2D eigenvalue weighted by Gasteiger charge is -2.04. The molecule has 0 spiro atoms. The van der Waals surface area contributed by atoms with Crippen molar-refractivity contribution >= 4 is 38.6 Å². The average Bonchev–Trinajstić information content (AvgIpc) is 3.02. The molecule has 3 rings (SSSR count). The molecule has 128 valence electrons. The van der Waals surface area contributed by atoms with Crippen molar-refractivity contribution < 1.29 is 19.1 Å². The molecule has 3 aromatic rings. The van der Waals surface area contributed by atoms with Gasteiger partial charge in [0, 0.05) is 0 Å². The molecule has 0 bridgehead atoms. The fourth-order valence-electron chi connectivity index (χ4n) is 2.35. The van der Waals surface area contributed by atoms with E-state index in [2.05, 4.69) is 10.3 Å². The number of hydrogen-bond acceptors (Lipinski definition) is 6. The summed E-state index contributed by atoms with van der Waals surface area (Å²) < 4.78 is 10.7. The minimum absolute atomic E-state index is 0.166. The molecule has 1 aromatic heterocycles. The van der Waals surface area contributed by atoms with Crippen molar-refractivity contribution in [3.8, 4) is 5.75 Å². The van der Waals surface area contributed by atoms with E-state index in [1.807, 2.05) is 24.3 Å². The Bertz CT molecular complexity index is 936. The fourth-order valence-corrected chi connectivity index (χ4v) is 3.28. The van der Waals surface area contributed by atoms with Gasteiger partial charge in [-0.25, -0.2) is 9.78 Å². The first kappa shape index (κ1) is 16.9. The van der Waals surface area contributed by atoms with Crippen molar-refractivity contribution in [1.82, 2.24) is 4.98 Å². The monoisotopic (exact) mass is 356 g/mol. The number of hydrogen-bond donors (Lipinski definition) is 1. The van der Waals surface area contributed by atoms with E-state index in [1.54, 1.807) is 25.3 Å². The number of methoxy groups -OCH3 is 2. The Kier molecular flexibility index (Phi) is 4.95. The van der Waals surface area contributed by atoms with Crippen LogP contribution in [0.3, 0.4) is 0 Å². The summed E-state index contributed by atoms with van der Waals surface area (Å²) in [7, 11) is 2.92. The van der Waals surface area contributed by atoms with Gasteiger partial charge in [0.1, 0.15) is 5.75 Å². The van der Waals surface area contributed by atoms with E-state index in [9.17, 15) is 9.59 Å². The van der Waals surface area contributed by atoms with Gasteiger partial charge in [0.05, 0.1) is 36.4 Å². The van der Waals surface area contributed by atoms with Gasteiger partial charge in [-0.1, -0.05) is 23.5 Å². The van der Waals surface area contributed by atoms with Crippen LogP contribution < -0.4 is 10.1 Å². The lowest BCUT2D eigenvalue weighted by molar-refractivity contribution is -0.115. The zero-order chi connectivity index (χ0) is 17.8. The molecule has 0 atom stereocenters. The smallest absolute Gasteiger partial charge is 0.337 e. The molecule has 0 unspecified atom stereocenters. The van der Waals surface area contributed by atoms with Crippen molar-refractivity contribution in [2.24, 2.45) is 0 Å². The Labute approximate surface area is 148 Å². The standard InChI is InChI=1S/C18H16N2O4S/c1-23-13-5-3-4-11(8-13)9-16(21)20-18-19-14-7-6-12(17(22)24-2)10-15(14)25-18/h3-8,10H,9H2,1-2H3,(H,19,20,21). The van der Waals surface area contributed by atoms with Crippen LogP contribution in [0.2, 0.25) is 0 Å². The molecule has 0 aliphatic rings. The number of thiazole rings is 1. The topological polar surface area (TPSA) is 77.5 Å². The van der Waals surface area contributed by atoms with Crippen molar-refractivity contribution in [2.75, 3.05) is 19.5 Å². The third-order valence-corrected chi connectivity index (χ3v) is 4.49. The van der Waals surface area contributed by atoms with Crippen LogP contribution in [-0.2, 0) is 16.0 Å². The summed E-state index contributed by atoms with van der Waals surface area (Å²) in [6.07, 6.45) is 0.223. The third kappa shape index (κ3) is 3.95. The van der Waals surface area contributed by atoms with Gasteiger partial charge < -0.3 is 14.8 Å². The van der Waals surface area contributed by atoms with Crippen molar-refractivity contribution in [1.29, 1.82) is 0 Å². The van der Waals surface area contributed by atoms with Crippen LogP contribution in [0.4, 0.5) is 5.13 Å². The first-order valence-corrected chi connectivity index (χ1v) is 8.32. The van der Waals surface area contributed by atoms with E-state index in [4.69, 9.17) is 9.47 Å². The first-order chi connectivity index (χ1) is 12.1. The Hall–Kier alpha value is -2.93. The maximum Gasteiger partial charge on any atom is 0.337 e. The number of amides is 1. The van der Waals surface area contributed by atoms with Gasteiger partial charge in [0.25, 0.3) is 0 Å². The summed E-state index contributed by atoms with van der Waals surface area (Å²) in [5.74, 6) is 0.139. The summed E-state index contributed by atoms with van der Waals surface area (Å²) in [6, 6.07) is 12.4. The number of nitrogens with zero attached hydrogens (tertiary/aromatic N) is 1. The molecule has 0 aliphatic carbocycles. The lowest BCUT2D eigenvalue weighted by Crippen LogP contribution is -2.14. The zero-order valence-corrected chi connectivity index (χ0v) is 14.6. The molecule has 7 heteroatoms. The SMILES string of the molecule is COC(=O)c1ccc2nc(NC(=O)Cc3cccc(OC)c3)sc2c1. The van der Waals surface area contributed by atoms with Crippen molar-refractivity contribution in [2.45, 2.75) is 6.42 Å². The Morgan fingerprint density at radius 3 is 2.76 bits per heavy atom. The second kappa shape index (κ2) is 7.31. The third-order valence-electron chi connectivity index (χ3n) is 3.55. The summed E-state index contributed by atoms with van der Waals surface area (Å²) in [5.41, 5.74) is 2.02. The zero-order valence-electron chi connectivity index (χ0n) is 13.7. The van der Waals surface area contributed by atoms with Gasteiger partial charge >= 0.3 is 5.97 Å². The number of ether oxygens (including phenoxy) is 2. The second-order valence-electron chi connectivity index (χ2n) is 5.27. The Balaban J connectivity index is 1.73. The van der Waals surface area contributed by atoms with E-state index in [0.29, 0.717) is 22.0 Å². The summed E-state index contributed by atoms with van der Waals surface area (Å²) in [4.78, 5) is 28.2. The molecule has 1 heterocycles. The van der Waals surface area contributed by atoms with Gasteiger partial charge in [0.15, 0.2) is 5.13 Å². The molecule has 1 amide bonds. The minimum Gasteiger partial charge on any atom is -0.497 e. The number of aromatic nitrogens is 1. The molecule has 25 heavy (non-hydrogen) atoms. The largest absolute Gasteiger partial charge is 0.497 e. The molecule has 0 radical (unpaired) electrons. The van der Waals surface area contributed by atoms with Gasteiger partial charge in [-0.3, -0.25) is 4.79 Å². The highest BCUT2D eigenvalue weighted by atomic mass is 32.1. The number of rotatable bonds is 5. The van der Waals surface area contributed by atoms with E-state index >= 15 is 0 Å². The number of esters is 1. The van der Waals surface area contributed by atoms with E-state index in [0.717, 1.165) is 10.3 Å². The maximum atomic E-state index is 12.2. The number of carbonyl (C=O) groups is 2. The van der Waals surface area contributed by atoms with Crippen LogP contribution in [0.25, 0.3) is 10.2 Å². The van der Waals surface area contributed by atoms with Gasteiger partial charge in [-0.15, -0.1) is 0 Å². The van der Waals surface area contributed by atoms with Crippen molar-refractivity contribution in [3.63, 3.8) is 0 Å². The minimum atomic E-state index is -0.404. The molecular formula is C18H16N2O4S. The molecule has 0 saturated heterocycles. The predicted octanol–water partition coefficient (Wildman–Crippen LogP) is 3.27. The second-order valence-corrected chi connectivity index (χ2v) is 6.30. The highest BCUT2D eigenvalue weighted by Gasteiger charge is 2.12. The Morgan fingerprint density at radius 1 is 1.16 bits per heavy atom. The number of carbonyl (C=O) groups excluding carboxylic acids is 2. The van der Waals surface area contributed by atoms with Crippen LogP contribution in [0.15, 0.2) is 42.5 Å². The van der Waals surface area contributed by atoms with E-state index in [1.165, 1.54) is 18.4 Å². The highest BCUT2D eigenvalue weighted by molar-refractivity contribution is 7.22. The number of nitrogens with one attached hydrogen (secondary N) is 1. The highest BCUT2D eigenvalue weighted by Crippen LogP contribution is 2.27. The number of anilines is 1. The summed E-state index contributed by atoms with van der Waals surface area (Å²) >= 11 is 1.31. The van der Waals surface area contributed by atoms with Gasteiger partial charge in [0.2, 0.25) is 5.91 Å². The average molecular weight is 356 g/mol. The van der Waals surface area contributed by atoms with Crippen LogP contribution in [0.5, 0.6) is 5.75 Å². The number of fused-ring (bicyclic) bond motifs is 1. The molecule has 6 nitrogen and oxygen atoms in total. The van der Waals surface area contributed by atoms with E-state index in [-0.39, 0.29) is 12.3 Å².